The Balaban J connectivity index is 1.67. The number of fused-ring (bicyclic) bond motifs is 1. The van der Waals surface area contributed by atoms with Crippen molar-refractivity contribution < 1.29 is 14.3 Å². The summed E-state index contributed by atoms with van der Waals surface area (Å²) in [7, 11) is 0. The van der Waals surface area contributed by atoms with Gasteiger partial charge in [-0.2, -0.15) is 0 Å². The molecule has 0 bridgehead atoms. The summed E-state index contributed by atoms with van der Waals surface area (Å²) >= 11 is 0. The molecule has 2 aromatic carbocycles. The van der Waals surface area contributed by atoms with Gasteiger partial charge in [0.1, 0.15) is 5.75 Å². The van der Waals surface area contributed by atoms with Gasteiger partial charge in [-0.15, -0.1) is 0 Å². The van der Waals surface area contributed by atoms with Crippen molar-refractivity contribution in [3.8, 4) is 5.75 Å². The van der Waals surface area contributed by atoms with E-state index in [2.05, 4.69) is 10.6 Å². The van der Waals surface area contributed by atoms with Crippen molar-refractivity contribution in [3.63, 3.8) is 0 Å². The smallest absolute Gasteiger partial charge is 0.265 e. The van der Waals surface area contributed by atoms with Gasteiger partial charge in [0, 0.05) is 11.8 Å². The molecule has 1 unspecified atom stereocenters. The van der Waals surface area contributed by atoms with Crippen LogP contribution in [-0.2, 0) is 9.59 Å². The van der Waals surface area contributed by atoms with Gasteiger partial charge in [-0.05, 0) is 43.7 Å². The van der Waals surface area contributed by atoms with Crippen molar-refractivity contribution in [3.05, 3.63) is 59.7 Å². The first-order chi connectivity index (χ1) is 11.5. The van der Waals surface area contributed by atoms with Crippen LogP contribution in [0.2, 0.25) is 0 Å². The van der Waals surface area contributed by atoms with Crippen LogP contribution in [0.4, 0.5) is 11.4 Å². The first-order valence-electron chi connectivity index (χ1n) is 7.68. The van der Waals surface area contributed by atoms with Gasteiger partial charge in [-0.1, -0.05) is 29.8 Å². The quantitative estimate of drug-likeness (QED) is 0.851. The maximum Gasteiger partial charge on any atom is 0.265 e. The second-order valence-corrected chi connectivity index (χ2v) is 5.69. The Morgan fingerprint density at radius 2 is 1.96 bits per heavy atom. The van der Waals surface area contributed by atoms with Gasteiger partial charge in [-0.3, -0.25) is 9.59 Å². The van der Waals surface area contributed by atoms with Crippen LogP contribution in [0.25, 0.3) is 6.08 Å². The Labute approximate surface area is 140 Å². The van der Waals surface area contributed by atoms with E-state index >= 15 is 0 Å². The number of hydrogen-bond acceptors (Lipinski definition) is 3. The predicted molar refractivity (Wildman–Crippen MR) is 94.0 cm³/mol. The van der Waals surface area contributed by atoms with Crippen molar-refractivity contribution in [1.82, 2.24) is 0 Å². The molecule has 2 amide bonds. The average Bonchev–Trinajstić information content (AvgIpc) is 2.56. The number of amides is 2. The third-order valence-corrected chi connectivity index (χ3v) is 3.68. The Morgan fingerprint density at radius 3 is 2.71 bits per heavy atom. The predicted octanol–water partition coefficient (Wildman–Crippen LogP) is 3.37. The third kappa shape index (κ3) is 3.63. The summed E-state index contributed by atoms with van der Waals surface area (Å²) in [4.78, 5) is 23.7. The summed E-state index contributed by atoms with van der Waals surface area (Å²) < 4.78 is 5.48. The van der Waals surface area contributed by atoms with E-state index in [0.29, 0.717) is 17.1 Å². The highest BCUT2D eigenvalue weighted by Gasteiger charge is 2.23. The van der Waals surface area contributed by atoms with Crippen LogP contribution < -0.4 is 15.4 Å². The van der Waals surface area contributed by atoms with E-state index in [1.165, 1.54) is 11.6 Å². The highest BCUT2D eigenvalue weighted by atomic mass is 16.5. The SMILES string of the molecule is Cc1ccc(/C=C/C(=O)Nc2ccc3c(c2)NC(=O)C(C)O3)cc1. The number of aryl methyl sites for hydroxylation is 1. The summed E-state index contributed by atoms with van der Waals surface area (Å²) in [6.07, 6.45) is 2.71. The van der Waals surface area contributed by atoms with Crippen molar-refractivity contribution >= 4 is 29.3 Å². The zero-order valence-corrected chi connectivity index (χ0v) is 13.5. The van der Waals surface area contributed by atoms with Crippen LogP contribution in [-0.4, -0.2) is 17.9 Å². The molecule has 0 spiro atoms. The van der Waals surface area contributed by atoms with E-state index in [-0.39, 0.29) is 11.8 Å². The molecule has 1 heterocycles. The molecule has 0 saturated carbocycles. The molecule has 1 aliphatic rings. The topological polar surface area (TPSA) is 67.4 Å². The maximum atomic E-state index is 12.0. The highest BCUT2D eigenvalue weighted by Crippen LogP contribution is 2.32. The summed E-state index contributed by atoms with van der Waals surface area (Å²) in [5.41, 5.74) is 3.27. The number of anilines is 2. The lowest BCUT2D eigenvalue weighted by molar-refractivity contribution is -0.122. The standard InChI is InChI=1S/C19H18N2O3/c1-12-3-5-14(6-4-12)7-10-18(22)20-15-8-9-17-16(11-15)21-19(23)13(2)24-17/h3-11,13H,1-2H3,(H,20,22)(H,21,23)/b10-7+. The number of rotatable bonds is 3. The van der Waals surface area contributed by atoms with Crippen molar-refractivity contribution in [2.24, 2.45) is 0 Å². The van der Waals surface area contributed by atoms with Crippen molar-refractivity contribution in [1.29, 1.82) is 0 Å². The Bertz CT molecular complexity index is 810. The van der Waals surface area contributed by atoms with Gasteiger partial charge >= 0.3 is 0 Å². The minimum atomic E-state index is -0.518. The summed E-state index contributed by atoms with van der Waals surface area (Å²) in [6.45, 7) is 3.70. The molecular weight excluding hydrogens is 304 g/mol. The fraction of sp³-hybridized carbons (Fsp3) is 0.158. The second-order valence-electron chi connectivity index (χ2n) is 5.69. The third-order valence-electron chi connectivity index (χ3n) is 3.68. The Hall–Kier alpha value is -3.08. The molecule has 1 atom stereocenters. The van der Waals surface area contributed by atoms with Gasteiger partial charge < -0.3 is 15.4 Å². The molecule has 5 nitrogen and oxygen atoms in total. The fourth-order valence-corrected chi connectivity index (χ4v) is 2.32. The van der Waals surface area contributed by atoms with Gasteiger partial charge in [0.2, 0.25) is 5.91 Å². The van der Waals surface area contributed by atoms with Crippen LogP contribution in [0, 0.1) is 6.92 Å². The second kappa shape index (κ2) is 6.58. The largest absolute Gasteiger partial charge is 0.479 e. The minimum absolute atomic E-state index is 0.203. The van der Waals surface area contributed by atoms with Gasteiger partial charge in [0.05, 0.1) is 5.69 Å². The summed E-state index contributed by atoms with van der Waals surface area (Å²) in [5, 5.41) is 5.52. The molecule has 2 aromatic rings. The lowest BCUT2D eigenvalue weighted by Crippen LogP contribution is -2.34. The first kappa shape index (κ1) is 15.8. The summed E-state index contributed by atoms with van der Waals surface area (Å²) in [5.74, 6) is 0.146. The molecule has 0 saturated heterocycles. The minimum Gasteiger partial charge on any atom is -0.479 e. The average molecular weight is 322 g/mol. The lowest BCUT2D eigenvalue weighted by atomic mass is 10.1. The van der Waals surface area contributed by atoms with Crippen LogP contribution in [0.5, 0.6) is 5.75 Å². The normalized spacial score (nSPS) is 16.2. The Morgan fingerprint density at radius 1 is 1.21 bits per heavy atom. The first-order valence-corrected chi connectivity index (χ1v) is 7.68. The molecular formula is C19H18N2O3. The Kier molecular flexibility index (Phi) is 4.33. The fourth-order valence-electron chi connectivity index (χ4n) is 2.32. The number of nitrogens with one attached hydrogen (secondary N) is 2. The molecule has 122 valence electrons. The monoisotopic (exact) mass is 322 g/mol. The van der Waals surface area contributed by atoms with E-state index in [0.717, 1.165) is 5.56 Å². The molecule has 0 aliphatic carbocycles. The summed E-state index contributed by atoms with van der Waals surface area (Å²) in [6, 6.07) is 13.0. The molecule has 2 N–H and O–H groups in total. The van der Waals surface area contributed by atoms with Gasteiger partial charge in [-0.25, -0.2) is 0 Å². The maximum absolute atomic E-state index is 12.0. The lowest BCUT2D eigenvalue weighted by Gasteiger charge is -2.23. The van der Waals surface area contributed by atoms with E-state index in [9.17, 15) is 9.59 Å². The van der Waals surface area contributed by atoms with Crippen LogP contribution in [0.15, 0.2) is 48.5 Å². The van der Waals surface area contributed by atoms with E-state index < -0.39 is 6.10 Å². The molecule has 24 heavy (non-hydrogen) atoms. The van der Waals surface area contributed by atoms with Crippen LogP contribution in [0.1, 0.15) is 18.1 Å². The molecule has 0 radical (unpaired) electrons. The van der Waals surface area contributed by atoms with Crippen LogP contribution in [0.3, 0.4) is 0 Å². The number of carbonyl (C=O) groups excluding carboxylic acids is 2. The van der Waals surface area contributed by atoms with Gasteiger partial charge in [0.15, 0.2) is 6.10 Å². The number of hydrogen-bond donors (Lipinski definition) is 2. The zero-order chi connectivity index (χ0) is 17.1. The van der Waals surface area contributed by atoms with E-state index in [1.807, 2.05) is 31.2 Å². The zero-order valence-electron chi connectivity index (χ0n) is 13.5. The highest BCUT2D eigenvalue weighted by molar-refractivity contribution is 6.03. The number of benzene rings is 2. The van der Waals surface area contributed by atoms with Crippen molar-refractivity contribution in [2.45, 2.75) is 20.0 Å². The van der Waals surface area contributed by atoms with Crippen molar-refractivity contribution in [2.75, 3.05) is 10.6 Å². The van der Waals surface area contributed by atoms with E-state index in [4.69, 9.17) is 4.74 Å². The number of carbonyl (C=O) groups is 2. The molecule has 3 rings (SSSR count). The van der Waals surface area contributed by atoms with Crippen LogP contribution >= 0.6 is 0 Å². The molecule has 1 aliphatic heterocycles. The molecule has 0 aromatic heterocycles. The van der Waals surface area contributed by atoms with Gasteiger partial charge in [0.25, 0.3) is 5.91 Å². The number of ether oxygens (including phenoxy) is 1. The molecule has 0 fully saturated rings. The van der Waals surface area contributed by atoms with E-state index in [1.54, 1.807) is 31.2 Å². The molecule has 5 heteroatoms.